The van der Waals surface area contributed by atoms with Crippen LogP contribution in [0.2, 0.25) is 0 Å². The summed E-state index contributed by atoms with van der Waals surface area (Å²) < 4.78 is 0. The number of aryl methyl sites for hydroxylation is 1. The molecular formula is C13H21NOS. The Bertz CT molecular complexity index is 328. The second kappa shape index (κ2) is 5.28. The predicted octanol–water partition coefficient (Wildman–Crippen LogP) is 3.70. The molecule has 0 aliphatic heterocycles. The molecule has 1 unspecified atom stereocenters. The Morgan fingerprint density at radius 2 is 2.12 bits per heavy atom. The van der Waals surface area contributed by atoms with Crippen LogP contribution in [-0.2, 0) is 0 Å². The van der Waals surface area contributed by atoms with Gasteiger partial charge in [0.15, 0.2) is 0 Å². The molecule has 1 aliphatic carbocycles. The molecule has 1 N–H and O–H groups in total. The lowest BCUT2D eigenvalue weighted by Crippen LogP contribution is -2.20. The van der Waals surface area contributed by atoms with Crippen LogP contribution in [-0.4, -0.2) is 10.1 Å². The zero-order chi connectivity index (χ0) is 11.5. The Kier molecular flexibility index (Phi) is 3.98. The molecule has 1 aliphatic rings. The van der Waals surface area contributed by atoms with Gasteiger partial charge in [0.2, 0.25) is 0 Å². The number of aromatic nitrogens is 1. The molecule has 1 aromatic rings. The van der Waals surface area contributed by atoms with Crippen molar-refractivity contribution in [2.24, 2.45) is 11.8 Å². The second-order valence-electron chi connectivity index (χ2n) is 4.93. The molecule has 2 nitrogen and oxygen atoms in total. The van der Waals surface area contributed by atoms with E-state index in [4.69, 9.17) is 0 Å². The van der Waals surface area contributed by atoms with E-state index in [2.05, 4.69) is 11.9 Å². The molecule has 16 heavy (non-hydrogen) atoms. The van der Waals surface area contributed by atoms with Crippen molar-refractivity contribution in [2.75, 3.05) is 0 Å². The molecular weight excluding hydrogens is 218 g/mol. The molecule has 1 aromatic heterocycles. The number of nitrogens with zero attached hydrogens (tertiary/aromatic N) is 1. The maximum absolute atomic E-state index is 10.3. The lowest BCUT2D eigenvalue weighted by Gasteiger charge is -2.30. The van der Waals surface area contributed by atoms with Crippen molar-refractivity contribution < 1.29 is 5.11 Å². The minimum absolute atomic E-state index is 0.331. The first-order valence-electron chi connectivity index (χ1n) is 6.30. The van der Waals surface area contributed by atoms with E-state index in [9.17, 15) is 5.11 Å². The monoisotopic (exact) mass is 239 g/mol. The molecule has 1 heterocycles. The van der Waals surface area contributed by atoms with Crippen LogP contribution in [0.25, 0.3) is 0 Å². The standard InChI is InChI=1S/C13H21NOS/c1-3-10-4-6-11(7-5-10)13(15)12-8-16-9(2)14-12/h8,10-11,13,15H,3-7H2,1-2H3. The molecule has 2 rings (SSSR count). The van der Waals surface area contributed by atoms with Crippen LogP contribution in [0, 0.1) is 18.8 Å². The highest BCUT2D eigenvalue weighted by atomic mass is 32.1. The molecule has 1 fully saturated rings. The van der Waals surface area contributed by atoms with Crippen LogP contribution in [0.15, 0.2) is 5.38 Å². The number of rotatable bonds is 3. The highest BCUT2D eigenvalue weighted by Crippen LogP contribution is 2.37. The van der Waals surface area contributed by atoms with Crippen molar-refractivity contribution in [1.82, 2.24) is 4.98 Å². The topological polar surface area (TPSA) is 33.1 Å². The highest BCUT2D eigenvalue weighted by Gasteiger charge is 2.27. The van der Waals surface area contributed by atoms with Crippen molar-refractivity contribution in [2.45, 2.75) is 52.1 Å². The van der Waals surface area contributed by atoms with E-state index in [1.54, 1.807) is 11.3 Å². The Labute approximate surface area is 102 Å². The van der Waals surface area contributed by atoms with Crippen LogP contribution in [0.4, 0.5) is 0 Å². The lowest BCUT2D eigenvalue weighted by molar-refractivity contribution is 0.0700. The van der Waals surface area contributed by atoms with Gasteiger partial charge in [-0.05, 0) is 31.6 Å². The van der Waals surface area contributed by atoms with Crippen LogP contribution in [0.5, 0.6) is 0 Å². The van der Waals surface area contributed by atoms with Gasteiger partial charge in [0.25, 0.3) is 0 Å². The maximum Gasteiger partial charge on any atom is 0.0996 e. The van der Waals surface area contributed by atoms with Gasteiger partial charge in [-0.2, -0.15) is 0 Å². The average molecular weight is 239 g/mol. The van der Waals surface area contributed by atoms with Crippen molar-refractivity contribution in [1.29, 1.82) is 0 Å². The summed E-state index contributed by atoms with van der Waals surface area (Å²) in [5.41, 5.74) is 0.891. The summed E-state index contributed by atoms with van der Waals surface area (Å²) in [4.78, 5) is 4.39. The fourth-order valence-corrected chi connectivity index (χ4v) is 3.31. The molecule has 3 heteroatoms. The van der Waals surface area contributed by atoms with E-state index in [-0.39, 0.29) is 6.10 Å². The van der Waals surface area contributed by atoms with Gasteiger partial charge in [0.05, 0.1) is 16.8 Å². The van der Waals surface area contributed by atoms with E-state index in [1.807, 2.05) is 12.3 Å². The van der Waals surface area contributed by atoms with Gasteiger partial charge >= 0.3 is 0 Å². The molecule has 0 spiro atoms. The van der Waals surface area contributed by atoms with Crippen LogP contribution in [0.1, 0.15) is 55.8 Å². The smallest absolute Gasteiger partial charge is 0.0996 e. The minimum Gasteiger partial charge on any atom is -0.386 e. The number of hydrogen-bond acceptors (Lipinski definition) is 3. The molecule has 0 radical (unpaired) electrons. The normalized spacial score (nSPS) is 27.9. The number of aliphatic hydroxyl groups excluding tert-OH is 1. The Morgan fingerprint density at radius 1 is 1.44 bits per heavy atom. The summed E-state index contributed by atoms with van der Waals surface area (Å²) >= 11 is 1.63. The zero-order valence-electron chi connectivity index (χ0n) is 10.1. The van der Waals surface area contributed by atoms with Gasteiger partial charge in [0, 0.05) is 5.38 Å². The average Bonchev–Trinajstić information content (AvgIpc) is 2.75. The molecule has 0 bridgehead atoms. The van der Waals surface area contributed by atoms with Crippen molar-refractivity contribution in [3.05, 3.63) is 16.1 Å². The van der Waals surface area contributed by atoms with Gasteiger partial charge in [-0.25, -0.2) is 4.98 Å². The predicted molar refractivity (Wildman–Crippen MR) is 67.5 cm³/mol. The summed E-state index contributed by atoms with van der Waals surface area (Å²) in [5.74, 6) is 1.32. The van der Waals surface area contributed by atoms with E-state index in [1.165, 1.54) is 19.3 Å². The first-order chi connectivity index (χ1) is 7.70. The summed E-state index contributed by atoms with van der Waals surface area (Å²) in [7, 11) is 0. The largest absolute Gasteiger partial charge is 0.386 e. The first kappa shape index (κ1) is 12.1. The molecule has 0 aromatic carbocycles. The van der Waals surface area contributed by atoms with Gasteiger partial charge in [0.1, 0.15) is 0 Å². The second-order valence-corrected chi connectivity index (χ2v) is 5.99. The molecule has 1 atom stereocenters. The molecule has 0 saturated heterocycles. The fraction of sp³-hybridized carbons (Fsp3) is 0.769. The van der Waals surface area contributed by atoms with E-state index in [0.717, 1.165) is 29.5 Å². The number of aliphatic hydroxyl groups is 1. The Hall–Kier alpha value is -0.410. The van der Waals surface area contributed by atoms with Crippen LogP contribution >= 0.6 is 11.3 Å². The number of thiazole rings is 1. The van der Waals surface area contributed by atoms with E-state index in [0.29, 0.717) is 5.92 Å². The summed E-state index contributed by atoms with van der Waals surface area (Å²) in [6.45, 7) is 4.26. The third kappa shape index (κ3) is 2.64. The Balaban J connectivity index is 1.93. The first-order valence-corrected chi connectivity index (χ1v) is 7.18. The zero-order valence-corrected chi connectivity index (χ0v) is 11.0. The van der Waals surface area contributed by atoms with Crippen molar-refractivity contribution >= 4 is 11.3 Å². The fourth-order valence-electron chi connectivity index (χ4n) is 2.67. The van der Waals surface area contributed by atoms with E-state index >= 15 is 0 Å². The summed E-state index contributed by atoms with van der Waals surface area (Å²) in [6.07, 6.45) is 5.84. The third-order valence-corrected chi connectivity index (χ3v) is 4.65. The van der Waals surface area contributed by atoms with E-state index < -0.39 is 0 Å². The minimum atomic E-state index is -0.331. The van der Waals surface area contributed by atoms with Crippen molar-refractivity contribution in [3.8, 4) is 0 Å². The third-order valence-electron chi connectivity index (χ3n) is 3.86. The molecule has 0 amide bonds. The number of hydrogen-bond donors (Lipinski definition) is 1. The SMILES string of the molecule is CCC1CCC(C(O)c2csc(C)n2)CC1. The molecule has 1 saturated carbocycles. The van der Waals surface area contributed by atoms with Gasteiger partial charge in [-0.1, -0.05) is 26.2 Å². The summed E-state index contributed by atoms with van der Waals surface area (Å²) in [6, 6.07) is 0. The maximum atomic E-state index is 10.3. The molecule has 90 valence electrons. The lowest BCUT2D eigenvalue weighted by atomic mass is 9.78. The van der Waals surface area contributed by atoms with Gasteiger partial charge in [-0.3, -0.25) is 0 Å². The van der Waals surface area contributed by atoms with Crippen LogP contribution < -0.4 is 0 Å². The van der Waals surface area contributed by atoms with Crippen LogP contribution in [0.3, 0.4) is 0 Å². The van der Waals surface area contributed by atoms with Gasteiger partial charge < -0.3 is 5.11 Å². The Morgan fingerprint density at radius 3 is 2.62 bits per heavy atom. The summed E-state index contributed by atoms with van der Waals surface area (Å²) in [5, 5.41) is 13.3. The van der Waals surface area contributed by atoms with Crippen molar-refractivity contribution in [3.63, 3.8) is 0 Å². The quantitative estimate of drug-likeness (QED) is 0.872. The van der Waals surface area contributed by atoms with Gasteiger partial charge in [-0.15, -0.1) is 11.3 Å². The highest BCUT2D eigenvalue weighted by molar-refractivity contribution is 7.09.